The van der Waals surface area contributed by atoms with E-state index in [2.05, 4.69) is 15.3 Å². The van der Waals surface area contributed by atoms with E-state index < -0.39 is 5.92 Å². The second-order valence-corrected chi connectivity index (χ2v) is 8.64. The van der Waals surface area contributed by atoms with Gasteiger partial charge in [-0.05, 0) is 30.5 Å². The molecule has 27 heavy (non-hydrogen) atoms. The standard InChI is InChI=1S/C20H20FN3O2S/c1-10(2)27-20-23-18-17(19(26)24-20)15(11-6-8-12(21)9-7-11)16-13(22-18)4-3-5-14(16)25/h6-10,15H,3-5H2,1-2H3,(H2,22,23,24,26)/t15-/m0/s1. The molecule has 1 atom stereocenters. The summed E-state index contributed by atoms with van der Waals surface area (Å²) in [5, 5.41) is 4.05. The second-order valence-electron chi connectivity index (χ2n) is 7.08. The number of ketones is 1. The Kier molecular flexibility index (Phi) is 4.63. The molecule has 140 valence electrons. The molecule has 2 aromatic rings. The van der Waals surface area contributed by atoms with Crippen molar-refractivity contribution in [1.29, 1.82) is 0 Å². The van der Waals surface area contributed by atoms with Gasteiger partial charge < -0.3 is 10.3 Å². The smallest absolute Gasteiger partial charge is 0.257 e. The lowest BCUT2D eigenvalue weighted by molar-refractivity contribution is -0.116. The number of hydrogen-bond donors (Lipinski definition) is 2. The Hall–Kier alpha value is -2.41. The van der Waals surface area contributed by atoms with Crippen molar-refractivity contribution in [3.05, 3.63) is 62.8 Å². The quantitative estimate of drug-likeness (QED) is 0.618. The number of carbonyl (C=O) groups is 1. The number of H-pyrrole nitrogens is 1. The van der Waals surface area contributed by atoms with Gasteiger partial charge in [-0.15, -0.1) is 0 Å². The summed E-state index contributed by atoms with van der Waals surface area (Å²) in [5.41, 5.74) is 2.31. The lowest BCUT2D eigenvalue weighted by Crippen LogP contribution is -2.32. The van der Waals surface area contributed by atoms with Gasteiger partial charge in [-0.25, -0.2) is 9.37 Å². The van der Waals surface area contributed by atoms with Crippen LogP contribution in [0.15, 0.2) is 45.5 Å². The third-order valence-corrected chi connectivity index (χ3v) is 5.68. The van der Waals surface area contributed by atoms with E-state index >= 15 is 0 Å². The summed E-state index contributed by atoms with van der Waals surface area (Å²) in [6.45, 7) is 4.05. The molecule has 2 aliphatic rings. The van der Waals surface area contributed by atoms with E-state index in [0.29, 0.717) is 28.5 Å². The highest BCUT2D eigenvalue weighted by molar-refractivity contribution is 7.99. The van der Waals surface area contributed by atoms with Crippen LogP contribution in [0, 0.1) is 5.82 Å². The molecular formula is C20H20FN3O2S. The van der Waals surface area contributed by atoms with E-state index in [1.54, 1.807) is 12.1 Å². The van der Waals surface area contributed by atoms with Gasteiger partial charge in [0.2, 0.25) is 0 Å². The minimum atomic E-state index is -0.529. The molecular weight excluding hydrogens is 365 g/mol. The van der Waals surface area contributed by atoms with Crippen LogP contribution in [0.4, 0.5) is 10.2 Å². The zero-order chi connectivity index (χ0) is 19.1. The maximum Gasteiger partial charge on any atom is 0.257 e. The third kappa shape index (κ3) is 3.32. The van der Waals surface area contributed by atoms with Crippen molar-refractivity contribution in [3.63, 3.8) is 0 Å². The van der Waals surface area contributed by atoms with Crippen LogP contribution in [0.1, 0.15) is 50.2 Å². The van der Waals surface area contributed by atoms with Crippen LogP contribution in [-0.2, 0) is 4.79 Å². The fourth-order valence-corrected chi connectivity index (χ4v) is 4.45. The van der Waals surface area contributed by atoms with Gasteiger partial charge in [-0.3, -0.25) is 9.59 Å². The molecule has 2 heterocycles. The predicted molar refractivity (Wildman–Crippen MR) is 104 cm³/mol. The van der Waals surface area contributed by atoms with E-state index in [-0.39, 0.29) is 22.4 Å². The SMILES string of the molecule is CC(C)Sc1nc2c(c(=O)[nH]1)[C@@H](c1ccc(F)cc1)C1=C(CCCC1=O)N2. The van der Waals surface area contributed by atoms with Crippen LogP contribution in [0.3, 0.4) is 0 Å². The predicted octanol–water partition coefficient (Wildman–Crippen LogP) is 3.97. The lowest BCUT2D eigenvalue weighted by atomic mass is 9.76. The molecule has 0 amide bonds. The molecule has 4 rings (SSSR count). The van der Waals surface area contributed by atoms with E-state index in [0.717, 1.165) is 24.1 Å². The van der Waals surface area contributed by atoms with E-state index in [9.17, 15) is 14.0 Å². The minimum Gasteiger partial charge on any atom is -0.343 e. The second kappa shape index (κ2) is 6.96. The summed E-state index contributed by atoms with van der Waals surface area (Å²) < 4.78 is 13.4. The number of fused-ring (bicyclic) bond motifs is 1. The molecule has 0 fully saturated rings. The lowest BCUT2D eigenvalue weighted by Gasteiger charge is -2.32. The monoisotopic (exact) mass is 385 g/mol. The highest BCUT2D eigenvalue weighted by atomic mass is 32.2. The molecule has 1 aromatic heterocycles. The Morgan fingerprint density at radius 3 is 2.63 bits per heavy atom. The van der Waals surface area contributed by atoms with Crippen LogP contribution in [0.2, 0.25) is 0 Å². The molecule has 0 radical (unpaired) electrons. The third-order valence-electron chi connectivity index (χ3n) is 4.79. The fourth-order valence-electron chi connectivity index (χ4n) is 3.71. The maximum atomic E-state index is 13.4. The van der Waals surface area contributed by atoms with E-state index in [1.807, 2.05) is 13.8 Å². The van der Waals surface area contributed by atoms with Crippen molar-refractivity contribution in [3.8, 4) is 0 Å². The van der Waals surface area contributed by atoms with Crippen molar-refractivity contribution in [2.75, 3.05) is 5.32 Å². The van der Waals surface area contributed by atoms with Crippen molar-refractivity contribution < 1.29 is 9.18 Å². The molecule has 1 aromatic carbocycles. The number of anilines is 1. The highest BCUT2D eigenvalue weighted by Gasteiger charge is 2.37. The molecule has 0 bridgehead atoms. The number of Topliss-reactive ketones (excluding diaryl/α,β-unsaturated/α-hetero) is 1. The van der Waals surface area contributed by atoms with Gasteiger partial charge >= 0.3 is 0 Å². The molecule has 5 nitrogen and oxygen atoms in total. The number of benzene rings is 1. The number of carbonyl (C=O) groups excluding carboxylic acids is 1. The maximum absolute atomic E-state index is 13.4. The number of halogens is 1. The Balaban J connectivity index is 1.92. The van der Waals surface area contributed by atoms with Crippen LogP contribution >= 0.6 is 11.8 Å². The summed E-state index contributed by atoms with van der Waals surface area (Å²) in [5.74, 6) is -0.361. The molecule has 2 N–H and O–H groups in total. The van der Waals surface area contributed by atoms with Crippen LogP contribution in [0.5, 0.6) is 0 Å². The van der Waals surface area contributed by atoms with Gasteiger partial charge in [0.25, 0.3) is 5.56 Å². The first kappa shape index (κ1) is 18.0. The highest BCUT2D eigenvalue weighted by Crippen LogP contribution is 2.43. The normalized spacial score (nSPS) is 19.0. The topological polar surface area (TPSA) is 74.8 Å². The first-order valence-corrected chi connectivity index (χ1v) is 9.91. The number of aromatic amines is 1. The summed E-state index contributed by atoms with van der Waals surface area (Å²) in [7, 11) is 0. The minimum absolute atomic E-state index is 0.0313. The fraction of sp³-hybridized carbons (Fsp3) is 0.350. The molecule has 0 saturated carbocycles. The molecule has 1 aliphatic heterocycles. The molecule has 7 heteroatoms. The van der Waals surface area contributed by atoms with E-state index in [1.165, 1.54) is 23.9 Å². The first-order valence-electron chi connectivity index (χ1n) is 9.03. The van der Waals surface area contributed by atoms with Crippen molar-refractivity contribution >= 4 is 23.4 Å². The number of hydrogen-bond acceptors (Lipinski definition) is 5. The van der Waals surface area contributed by atoms with Crippen LogP contribution in [-0.4, -0.2) is 21.0 Å². The van der Waals surface area contributed by atoms with Gasteiger partial charge in [-0.2, -0.15) is 0 Å². The average molecular weight is 385 g/mol. The van der Waals surface area contributed by atoms with Gasteiger partial charge in [0.15, 0.2) is 10.9 Å². The largest absolute Gasteiger partial charge is 0.343 e. The number of thioether (sulfide) groups is 1. The Morgan fingerprint density at radius 1 is 1.19 bits per heavy atom. The Labute approximate surface area is 160 Å². The van der Waals surface area contributed by atoms with Gasteiger partial charge in [-0.1, -0.05) is 37.7 Å². The van der Waals surface area contributed by atoms with Crippen LogP contribution < -0.4 is 10.9 Å². The van der Waals surface area contributed by atoms with Crippen molar-refractivity contribution in [2.24, 2.45) is 0 Å². The first-order chi connectivity index (χ1) is 12.9. The summed E-state index contributed by atoms with van der Waals surface area (Å²) in [6, 6.07) is 5.99. The van der Waals surface area contributed by atoms with Gasteiger partial charge in [0.1, 0.15) is 11.6 Å². The average Bonchev–Trinajstić information content (AvgIpc) is 2.60. The summed E-state index contributed by atoms with van der Waals surface area (Å²) in [4.78, 5) is 33.1. The van der Waals surface area contributed by atoms with Crippen molar-refractivity contribution in [2.45, 2.75) is 49.4 Å². The summed E-state index contributed by atoms with van der Waals surface area (Å²) >= 11 is 1.48. The Morgan fingerprint density at radius 2 is 1.93 bits per heavy atom. The number of aromatic nitrogens is 2. The summed E-state index contributed by atoms with van der Waals surface area (Å²) in [6.07, 6.45) is 1.96. The van der Waals surface area contributed by atoms with Crippen LogP contribution in [0.25, 0.3) is 0 Å². The number of rotatable bonds is 3. The molecule has 0 spiro atoms. The zero-order valence-electron chi connectivity index (χ0n) is 15.1. The zero-order valence-corrected chi connectivity index (χ0v) is 16.0. The number of nitrogens with one attached hydrogen (secondary N) is 2. The molecule has 0 saturated heterocycles. The molecule has 0 unspecified atom stereocenters. The van der Waals surface area contributed by atoms with Crippen molar-refractivity contribution in [1.82, 2.24) is 9.97 Å². The number of nitrogens with zero attached hydrogens (tertiary/aromatic N) is 1. The van der Waals surface area contributed by atoms with Gasteiger partial charge in [0, 0.05) is 28.9 Å². The Bertz CT molecular complexity index is 995. The molecule has 1 aliphatic carbocycles. The number of allylic oxidation sites excluding steroid dienone is 2. The van der Waals surface area contributed by atoms with Gasteiger partial charge in [0.05, 0.1) is 5.56 Å². The van der Waals surface area contributed by atoms with E-state index in [4.69, 9.17) is 0 Å².